The fraction of sp³-hybridized carbons (Fsp3) is 0.0625. The first-order valence-corrected chi connectivity index (χ1v) is 6.13. The van der Waals surface area contributed by atoms with E-state index in [9.17, 15) is 0 Å². The zero-order valence-corrected chi connectivity index (χ0v) is 10.6. The average Bonchev–Trinajstić information content (AvgIpc) is 2.82. The Morgan fingerprint density at radius 1 is 1.05 bits per heavy atom. The SMILES string of the molecule is CC(=N)Nc1ccc2oc(-c3ccccc3)cc2c1. The van der Waals surface area contributed by atoms with Gasteiger partial charge >= 0.3 is 0 Å². The van der Waals surface area contributed by atoms with Gasteiger partial charge in [0.25, 0.3) is 0 Å². The van der Waals surface area contributed by atoms with Gasteiger partial charge in [0.15, 0.2) is 0 Å². The summed E-state index contributed by atoms with van der Waals surface area (Å²) in [5.74, 6) is 1.28. The molecule has 2 N–H and O–H groups in total. The van der Waals surface area contributed by atoms with Crippen molar-refractivity contribution in [1.82, 2.24) is 0 Å². The third-order valence-electron chi connectivity index (χ3n) is 2.91. The number of amidine groups is 1. The van der Waals surface area contributed by atoms with Crippen molar-refractivity contribution in [2.45, 2.75) is 6.92 Å². The van der Waals surface area contributed by atoms with E-state index < -0.39 is 0 Å². The summed E-state index contributed by atoms with van der Waals surface area (Å²) in [7, 11) is 0. The maximum Gasteiger partial charge on any atom is 0.135 e. The van der Waals surface area contributed by atoms with E-state index in [0.29, 0.717) is 5.84 Å². The smallest absolute Gasteiger partial charge is 0.135 e. The number of benzene rings is 2. The summed E-state index contributed by atoms with van der Waals surface area (Å²) in [6.07, 6.45) is 0. The first-order chi connectivity index (χ1) is 9.22. The van der Waals surface area contributed by atoms with Gasteiger partial charge in [0.05, 0.1) is 5.84 Å². The van der Waals surface area contributed by atoms with Gasteiger partial charge in [0.2, 0.25) is 0 Å². The second-order valence-corrected chi connectivity index (χ2v) is 4.48. The minimum Gasteiger partial charge on any atom is -0.456 e. The number of furan rings is 1. The molecule has 0 radical (unpaired) electrons. The van der Waals surface area contributed by atoms with Crippen LogP contribution in [0.4, 0.5) is 5.69 Å². The van der Waals surface area contributed by atoms with E-state index in [2.05, 4.69) is 5.32 Å². The highest BCUT2D eigenvalue weighted by Crippen LogP contribution is 2.29. The Kier molecular flexibility index (Phi) is 2.80. The van der Waals surface area contributed by atoms with E-state index in [1.807, 2.05) is 54.6 Å². The summed E-state index contributed by atoms with van der Waals surface area (Å²) in [5, 5.41) is 11.5. The third-order valence-corrected chi connectivity index (χ3v) is 2.91. The fourth-order valence-electron chi connectivity index (χ4n) is 2.08. The van der Waals surface area contributed by atoms with Crippen LogP contribution in [0.2, 0.25) is 0 Å². The van der Waals surface area contributed by atoms with Crippen molar-refractivity contribution in [3.8, 4) is 11.3 Å². The van der Waals surface area contributed by atoms with Crippen molar-refractivity contribution in [1.29, 1.82) is 5.41 Å². The molecule has 3 heteroatoms. The van der Waals surface area contributed by atoms with Gasteiger partial charge in [-0.2, -0.15) is 0 Å². The van der Waals surface area contributed by atoms with Crippen molar-refractivity contribution >= 4 is 22.5 Å². The molecular weight excluding hydrogens is 236 g/mol. The van der Waals surface area contributed by atoms with Crippen molar-refractivity contribution in [3.05, 3.63) is 54.6 Å². The number of anilines is 1. The molecule has 1 aromatic heterocycles. The molecule has 0 amide bonds. The molecule has 1 heterocycles. The predicted octanol–water partition coefficient (Wildman–Crippen LogP) is 4.51. The molecule has 0 unspecified atom stereocenters. The average molecular weight is 250 g/mol. The Balaban J connectivity index is 2.04. The molecular formula is C16H14N2O. The summed E-state index contributed by atoms with van der Waals surface area (Å²) in [6.45, 7) is 1.72. The molecule has 0 aliphatic carbocycles. The van der Waals surface area contributed by atoms with Crippen LogP contribution in [0.3, 0.4) is 0 Å². The van der Waals surface area contributed by atoms with Crippen LogP contribution >= 0.6 is 0 Å². The van der Waals surface area contributed by atoms with Crippen LogP contribution in [0.5, 0.6) is 0 Å². The normalized spacial score (nSPS) is 10.6. The quantitative estimate of drug-likeness (QED) is 0.519. The molecule has 0 atom stereocenters. The minimum atomic E-state index is 0.422. The first kappa shape index (κ1) is 11.5. The zero-order chi connectivity index (χ0) is 13.2. The van der Waals surface area contributed by atoms with E-state index in [-0.39, 0.29) is 0 Å². The highest BCUT2D eigenvalue weighted by Gasteiger charge is 2.06. The van der Waals surface area contributed by atoms with Crippen molar-refractivity contribution in [2.24, 2.45) is 0 Å². The monoisotopic (exact) mass is 250 g/mol. The number of hydrogen-bond acceptors (Lipinski definition) is 2. The Hall–Kier alpha value is -2.55. The minimum absolute atomic E-state index is 0.422. The molecule has 3 rings (SSSR count). The molecule has 0 bridgehead atoms. The summed E-state index contributed by atoms with van der Waals surface area (Å²) in [6, 6.07) is 17.9. The first-order valence-electron chi connectivity index (χ1n) is 6.13. The van der Waals surface area contributed by atoms with E-state index in [1.54, 1.807) is 6.92 Å². The van der Waals surface area contributed by atoms with E-state index in [1.165, 1.54) is 0 Å². The van der Waals surface area contributed by atoms with Crippen LogP contribution < -0.4 is 5.32 Å². The third kappa shape index (κ3) is 2.36. The highest BCUT2D eigenvalue weighted by atomic mass is 16.3. The van der Waals surface area contributed by atoms with Crippen LogP contribution in [-0.4, -0.2) is 5.84 Å². The molecule has 0 fully saturated rings. The molecule has 0 saturated heterocycles. The molecule has 0 saturated carbocycles. The number of hydrogen-bond donors (Lipinski definition) is 2. The van der Waals surface area contributed by atoms with Gasteiger partial charge in [-0.3, -0.25) is 5.41 Å². The molecule has 3 nitrogen and oxygen atoms in total. The lowest BCUT2D eigenvalue weighted by Crippen LogP contribution is -2.04. The van der Waals surface area contributed by atoms with Crippen LogP contribution in [-0.2, 0) is 0 Å². The number of rotatable bonds is 2. The van der Waals surface area contributed by atoms with Gasteiger partial charge in [-0.05, 0) is 31.2 Å². The maximum absolute atomic E-state index is 7.45. The fourth-order valence-corrected chi connectivity index (χ4v) is 2.08. The van der Waals surface area contributed by atoms with Gasteiger partial charge in [-0.15, -0.1) is 0 Å². The molecule has 0 aliphatic rings. The number of nitrogens with one attached hydrogen (secondary N) is 2. The summed E-state index contributed by atoms with van der Waals surface area (Å²) in [5.41, 5.74) is 2.82. The Morgan fingerprint density at radius 2 is 1.84 bits per heavy atom. The number of fused-ring (bicyclic) bond motifs is 1. The second-order valence-electron chi connectivity index (χ2n) is 4.48. The lowest BCUT2D eigenvalue weighted by atomic mass is 10.1. The Morgan fingerprint density at radius 3 is 2.58 bits per heavy atom. The van der Waals surface area contributed by atoms with Crippen LogP contribution in [0.25, 0.3) is 22.3 Å². The molecule has 3 aromatic rings. The maximum atomic E-state index is 7.45. The van der Waals surface area contributed by atoms with Crippen LogP contribution in [0.1, 0.15) is 6.92 Å². The van der Waals surface area contributed by atoms with E-state index in [4.69, 9.17) is 9.83 Å². The van der Waals surface area contributed by atoms with Crippen molar-refractivity contribution < 1.29 is 4.42 Å². The van der Waals surface area contributed by atoms with Crippen molar-refractivity contribution in [2.75, 3.05) is 5.32 Å². The second kappa shape index (κ2) is 4.61. The van der Waals surface area contributed by atoms with Gasteiger partial charge < -0.3 is 9.73 Å². The van der Waals surface area contributed by atoms with Crippen LogP contribution in [0, 0.1) is 5.41 Å². The van der Waals surface area contributed by atoms with Gasteiger partial charge in [0, 0.05) is 16.6 Å². The highest BCUT2D eigenvalue weighted by molar-refractivity contribution is 5.94. The molecule has 0 spiro atoms. The van der Waals surface area contributed by atoms with Gasteiger partial charge in [0.1, 0.15) is 11.3 Å². The summed E-state index contributed by atoms with van der Waals surface area (Å²) in [4.78, 5) is 0. The summed E-state index contributed by atoms with van der Waals surface area (Å²) >= 11 is 0. The van der Waals surface area contributed by atoms with Crippen LogP contribution in [0.15, 0.2) is 59.0 Å². The molecule has 0 aliphatic heterocycles. The Bertz CT molecular complexity index is 729. The topological polar surface area (TPSA) is 49.0 Å². The molecule has 19 heavy (non-hydrogen) atoms. The molecule has 94 valence electrons. The van der Waals surface area contributed by atoms with E-state index in [0.717, 1.165) is 28.0 Å². The van der Waals surface area contributed by atoms with Gasteiger partial charge in [-0.1, -0.05) is 30.3 Å². The molecule has 2 aromatic carbocycles. The Labute approximate surface area is 111 Å². The van der Waals surface area contributed by atoms with Gasteiger partial charge in [-0.25, -0.2) is 0 Å². The standard InChI is InChI=1S/C16H14N2O/c1-11(17)18-14-7-8-15-13(9-14)10-16(19-15)12-5-3-2-4-6-12/h2-10H,1H3,(H2,17,18). The lowest BCUT2D eigenvalue weighted by molar-refractivity contribution is 0.631. The predicted molar refractivity (Wildman–Crippen MR) is 78.7 cm³/mol. The largest absolute Gasteiger partial charge is 0.456 e. The van der Waals surface area contributed by atoms with Crippen molar-refractivity contribution in [3.63, 3.8) is 0 Å². The lowest BCUT2D eigenvalue weighted by Gasteiger charge is -2.02. The zero-order valence-electron chi connectivity index (χ0n) is 10.6. The van der Waals surface area contributed by atoms with E-state index >= 15 is 0 Å². The summed E-state index contributed by atoms with van der Waals surface area (Å²) < 4.78 is 5.83.